The molecule has 1 nitrogen and oxygen atoms in total. The van der Waals surface area contributed by atoms with E-state index in [1.54, 1.807) is 0 Å². The third-order valence-corrected chi connectivity index (χ3v) is 3.00. The van der Waals surface area contributed by atoms with Gasteiger partial charge in [-0.1, -0.05) is 36.8 Å². The van der Waals surface area contributed by atoms with Crippen LogP contribution in [-0.2, 0) is 0 Å². The van der Waals surface area contributed by atoms with Gasteiger partial charge in [-0.15, -0.1) is 0 Å². The molecule has 1 N–H and O–H groups in total. The van der Waals surface area contributed by atoms with E-state index in [4.69, 9.17) is 0 Å². The predicted molar refractivity (Wildman–Crippen MR) is 53.4 cm³/mol. The van der Waals surface area contributed by atoms with Gasteiger partial charge in [-0.2, -0.15) is 0 Å². The maximum absolute atomic E-state index is 9.92. The Kier molecular flexibility index (Phi) is 2.12. The molecule has 3 atom stereocenters. The summed E-state index contributed by atoms with van der Waals surface area (Å²) in [5, 5.41) is 9.92. The van der Waals surface area contributed by atoms with Gasteiger partial charge in [0.15, 0.2) is 0 Å². The Morgan fingerprint density at radius 2 is 1.85 bits per heavy atom. The summed E-state index contributed by atoms with van der Waals surface area (Å²) in [4.78, 5) is 0. The van der Waals surface area contributed by atoms with E-state index >= 15 is 0 Å². The van der Waals surface area contributed by atoms with Crippen molar-refractivity contribution in [2.75, 3.05) is 0 Å². The minimum atomic E-state index is -0.240. The van der Waals surface area contributed by atoms with Gasteiger partial charge >= 0.3 is 0 Å². The number of benzene rings is 1. The number of hydrogen-bond acceptors (Lipinski definition) is 1. The zero-order valence-corrected chi connectivity index (χ0v) is 8.20. The van der Waals surface area contributed by atoms with Crippen LogP contribution in [-0.4, -0.2) is 5.11 Å². The fourth-order valence-corrected chi connectivity index (χ4v) is 1.80. The molecule has 1 aromatic rings. The van der Waals surface area contributed by atoms with Gasteiger partial charge in [-0.3, -0.25) is 0 Å². The average Bonchev–Trinajstić information content (AvgIpc) is 2.83. The van der Waals surface area contributed by atoms with Crippen LogP contribution in [0, 0.1) is 18.8 Å². The Morgan fingerprint density at radius 1 is 1.31 bits per heavy atom. The predicted octanol–water partition coefficient (Wildman–Crippen LogP) is 2.68. The molecular weight excluding hydrogens is 160 g/mol. The number of aliphatic hydroxyl groups is 1. The van der Waals surface area contributed by atoms with Crippen molar-refractivity contribution in [3.63, 3.8) is 0 Å². The second-order valence-corrected chi connectivity index (χ2v) is 4.23. The van der Waals surface area contributed by atoms with Crippen LogP contribution in [0.15, 0.2) is 24.3 Å². The third-order valence-electron chi connectivity index (χ3n) is 3.00. The molecule has 0 aliphatic heterocycles. The maximum Gasteiger partial charge on any atom is 0.0820 e. The first kappa shape index (κ1) is 8.76. The second kappa shape index (κ2) is 3.15. The van der Waals surface area contributed by atoms with E-state index in [0.29, 0.717) is 11.8 Å². The molecule has 1 aliphatic rings. The monoisotopic (exact) mass is 176 g/mol. The summed E-state index contributed by atoms with van der Waals surface area (Å²) >= 11 is 0. The van der Waals surface area contributed by atoms with Crippen LogP contribution in [0.5, 0.6) is 0 Å². The van der Waals surface area contributed by atoms with E-state index in [0.717, 1.165) is 5.56 Å². The lowest BCUT2D eigenvalue weighted by Gasteiger charge is -2.09. The van der Waals surface area contributed by atoms with Crippen molar-refractivity contribution in [2.45, 2.75) is 26.4 Å². The fourth-order valence-electron chi connectivity index (χ4n) is 1.80. The van der Waals surface area contributed by atoms with E-state index in [1.165, 1.54) is 12.0 Å². The molecule has 0 radical (unpaired) electrons. The molecule has 0 saturated heterocycles. The Morgan fingerprint density at radius 3 is 2.31 bits per heavy atom. The zero-order chi connectivity index (χ0) is 9.42. The highest BCUT2D eigenvalue weighted by Crippen LogP contribution is 2.46. The highest BCUT2D eigenvalue weighted by atomic mass is 16.3. The molecule has 0 spiro atoms. The third kappa shape index (κ3) is 1.75. The molecule has 70 valence electrons. The van der Waals surface area contributed by atoms with Crippen LogP contribution in [0.3, 0.4) is 0 Å². The molecular formula is C12H16O. The Bertz CT molecular complexity index is 288. The highest BCUT2D eigenvalue weighted by Gasteiger charge is 2.39. The summed E-state index contributed by atoms with van der Waals surface area (Å²) in [6.45, 7) is 4.26. The van der Waals surface area contributed by atoms with Gasteiger partial charge in [0.05, 0.1) is 6.10 Å². The van der Waals surface area contributed by atoms with Gasteiger partial charge in [-0.05, 0) is 30.7 Å². The molecule has 0 heterocycles. The van der Waals surface area contributed by atoms with Gasteiger partial charge in [0.2, 0.25) is 0 Å². The smallest absolute Gasteiger partial charge is 0.0820 e. The summed E-state index contributed by atoms with van der Waals surface area (Å²) in [7, 11) is 0. The average molecular weight is 176 g/mol. The van der Waals surface area contributed by atoms with Gasteiger partial charge in [0, 0.05) is 0 Å². The maximum atomic E-state index is 9.92. The van der Waals surface area contributed by atoms with Crippen LogP contribution in [0.1, 0.15) is 30.6 Å². The van der Waals surface area contributed by atoms with Gasteiger partial charge in [-0.25, -0.2) is 0 Å². The molecule has 13 heavy (non-hydrogen) atoms. The molecule has 0 aromatic heterocycles. The minimum absolute atomic E-state index is 0.240. The minimum Gasteiger partial charge on any atom is -0.388 e. The summed E-state index contributed by atoms with van der Waals surface area (Å²) in [6.07, 6.45) is 0.935. The van der Waals surface area contributed by atoms with Crippen LogP contribution in [0.2, 0.25) is 0 Å². The first-order valence-corrected chi connectivity index (χ1v) is 4.93. The Hall–Kier alpha value is -0.820. The topological polar surface area (TPSA) is 20.2 Å². The van der Waals surface area contributed by atoms with E-state index in [-0.39, 0.29) is 6.10 Å². The molecule has 1 aliphatic carbocycles. The fraction of sp³-hybridized carbons (Fsp3) is 0.500. The molecule has 0 bridgehead atoms. The Balaban J connectivity index is 2.12. The van der Waals surface area contributed by atoms with E-state index in [1.807, 2.05) is 12.1 Å². The van der Waals surface area contributed by atoms with Crippen LogP contribution in [0.25, 0.3) is 0 Å². The van der Waals surface area contributed by atoms with Crippen LogP contribution >= 0.6 is 0 Å². The summed E-state index contributed by atoms with van der Waals surface area (Å²) in [5.74, 6) is 1.21. The first-order valence-electron chi connectivity index (χ1n) is 4.93. The lowest BCUT2D eigenvalue weighted by Crippen LogP contribution is -2.00. The summed E-state index contributed by atoms with van der Waals surface area (Å²) in [6, 6.07) is 8.19. The SMILES string of the molecule is Cc1ccc(C(O)C2CC2C)cc1. The number of aliphatic hydroxyl groups excluding tert-OH is 1. The van der Waals surface area contributed by atoms with Crippen molar-refractivity contribution >= 4 is 0 Å². The largest absolute Gasteiger partial charge is 0.388 e. The first-order chi connectivity index (χ1) is 6.18. The van der Waals surface area contributed by atoms with Gasteiger partial charge in [0.1, 0.15) is 0 Å². The van der Waals surface area contributed by atoms with Crippen molar-refractivity contribution < 1.29 is 5.11 Å². The van der Waals surface area contributed by atoms with Crippen molar-refractivity contribution in [1.82, 2.24) is 0 Å². The van der Waals surface area contributed by atoms with Crippen molar-refractivity contribution in [2.24, 2.45) is 11.8 Å². The van der Waals surface area contributed by atoms with E-state index in [2.05, 4.69) is 26.0 Å². The lowest BCUT2D eigenvalue weighted by molar-refractivity contribution is 0.148. The zero-order valence-electron chi connectivity index (χ0n) is 8.20. The molecule has 1 heteroatoms. The molecule has 1 fully saturated rings. The van der Waals surface area contributed by atoms with Crippen molar-refractivity contribution in [3.8, 4) is 0 Å². The summed E-state index contributed by atoms with van der Waals surface area (Å²) in [5.41, 5.74) is 2.32. The quantitative estimate of drug-likeness (QED) is 0.734. The van der Waals surface area contributed by atoms with Gasteiger partial charge in [0.25, 0.3) is 0 Å². The van der Waals surface area contributed by atoms with Crippen molar-refractivity contribution in [1.29, 1.82) is 0 Å². The van der Waals surface area contributed by atoms with Crippen LogP contribution < -0.4 is 0 Å². The number of hydrogen-bond donors (Lipinski definition) is 1. The van der Waals surface area contributed by atoms with E-state index < -0.39 is 0 Å². The normalized spacial score (nSPS) is 28.5. The molecule has 3 unspecified atom stereocenters. The van der Waals surface area contributed by atoms with Gasteiger partial charge < -0.3 is 5.11 Å². The second-order valence-electron chi connectivity index (χ2n) is 4.23. The van der Waals surface area contributed by atoms with E-state index in [9.17, 15) is 5.11 Å². The van der Waals surface area contributed by atoms with Crippen LogP contribution in [0.4, 0.5) is 0 Å². The summed E-state index contributed by atoms with van der Waals surface area (Å²) < 4.78 is 0. The van der Waals surface area contributed by atoms with Crippen molar-refractivity contribution in [3.05, 3.63) is 35.4 Å². The standard InChI is InChI=1S/C12H16O/c1-8-3-5-10(6-4-8)12(13)11-7-9(11)2/h3-6,9,11-13H,7H2,1-2H3. The highest BCUT2D eigenvalue weighted by molar-refractivity contribution is 5.24. The number of rotatable bonds is 2. The molecule has 1 saturated carbocycles. The molecule has 1 aromatic carbocycles. The molecule has 0 amide bonds. The Labute approximate surface area is 79.4 Å². The molecule has 2 rings (SSSR count). The lowest BCUT2D eigenvalue weighted by atomic mass is 10.0. The number of aryl methyl sites for hydroxylation is 1.